The van der Waals surface area contributed by atoms with Crippen molar-refractivity contribution in [2.75, 3.05) is 6.61 Å². The highest BCUT2D eigenvalue weighted by Gasteiger charge is 2.20. The number of nitrogens with one attached hydrogen (secondary N) is 1. The summed E-state index contributed by atoms with van der Waals surface area (Å²) in [7, 11) is -4.25. The number of rotatable bonds is 7. The van der Waals surface area contributed by atoms with Gasteiger partial charge in [0.15, 0.2) is 0 Å². The summed E-state index contributed by atoms with van der Waals surface area (Å²) in [5, 5.41) is 10.8. The maximum absolute atomic E-state index is 13.8. The van der Waals surface area contributed by atoms with Gasteiger partial charge in [-0.15, -0.1) is 0 Å². The molecule has 0 fully saturated rings. The minimum Gasteiger partial charge on any atom is -0.545 e. The normalized spacial score (nSPS) is 11.2. The fraction of sp³-hybridized carbons (Fsp3) is 0.188. The number of halogens is 1. The molecule has 0 atom stereocenters. The molecule has 8 heteroatoms. The standard InChI is InChI=1S/C16H16FNO5S/c1-2-23-14-6-4-3-5-12(14)10-18-24(21,22)15-9-11(16(19)20)7-8-13(15)17/h3-9,18H,2,10H2,1H3,(H,19,20)/p-1. The van der Waals surface area contributed by atoms with Crippen molar-refractivity contribution in [1.29, 1.82) is 0 Å². The third-order valence-electron chi connectivity index (χ3n) is 3.18. The van der Waals surface area contributed by atoms with E-state index < -0.39 is 32.3 Å². The smallest absolute Gasteiger partial charge is 0.243 e. The Hall–Kier alpha value is -2.45. The summed E-state index contributed by atoms with van der Waals surface area (Å²) >= 11 is 0. The number of sulfonamides is 1. The Kier molecular flexibility index (Phi) is 5.53. The van der Waals surface area contributed by atoms with E-state index in [-0.39, 0.29) is 6.54 Å². The highest BCUT2D eigenvalue weighted by Crippen LogP contribution is 2.20. The zero-order valence-corrected chi connectivity index (χ0v) is 13.6. The van der Waals surface area contributed by atoms with Gasteiger partial charge < -0.3 is 14.6 Å². The van der Waals surface area contributed by atoms with E-state index in [0.717, 1.165) is 18.2 Å². The number of ether oxygens (including phenoxy) is 1. The second-order valence-electron chi connectivity index (χ2n) is 4.80. The number of benzene rings is 2. The third kappa shape index (κ3) is 4.09. The van der Waals surface area contributed by atoms with Gasteiger partial charge in [-0.2, -0.15) is 0 Å². The molecule has 128 valence electrons. The Labute approximate surface area is 138 Å². The molecule has 0 aliphatic rings. The topological polar surface area (TPSA) is 95.5 Å². The van der Waals surface area contributed by atoms with E-state index in [1.54, 1.807) is 31.2 Å². The van der Waals surface area contributed by atoms with Crippen molar-refractivity contribution >= 4 is 16.0 Å². The van der Waals surface area contributed by atoms with Crippen molar-refractivity contribution < 1.29 is 27.4 Å². The van der Waals surface area contributed by atoms with Gasteiger partial charge in [0.2, 0.25) is 10.0 Å². The van der Waals surface area contributed by atoms with Gasteiger partial charge in [0, 0.05) is 12.1 Å². The van der Waals surface area contributed by atoms with Crippen molar-refractivity contribution in [2.24, 2.45) is 0 Å². The lowest BCUT2D eigenvalue weighted by atomic mass is 10.2. The Bertz CT molecular complexity index is 851. The Balaban J connectivity index is 2.27. The number of hydrogen-bond acceptors (Lipinski definition) is 5. The second-order valence-corrected chi connectivity index (χ2v) is 6.53. The fourth-order valence-electron chi connectivity index (χ4n) is 2.03. The van der Waals surface area contributed by atoms with E-state index in [1.165, 1.54) is 0 Å². The van der Waals surface area contributed by atoms with E-state index in [4.69, 9.17) is 4.74 Å². The summed E-state index contributed by atoms with van der Waals surface area (Å²) in [6.45, 7) is 2.07. The van der Waals surface area contributed by atoms with Gasteiger partial charge in [0.25, 0.3) is 0 Å². The van der Waals surface area contributed by atoms with Crippen LogP contribution in [0.25, 0.3) is 0 Å². The molecule has 0 heterocycles. The molecule has 2 rings (SSSR count). The van der Waals surface area contributed by atoms with Crippen LogP contribution < -0.4 is 14.6 Å². The maximum atomic E-state index is 13.8. The van der Waals surface area contributed by atoms with Gasteiger partial charge in [0.05, 0.1) is 12.6 Å². The lowest BCUT2D eigenvalue weighted by Gasteiger charge is -2.12. The highest BCUT2D eigenvalue weighted by atomic mass is 32.2. The molecule has 2 aromatic carbocycles. The highest BCUT2D eigenvalue weighted by molar-refractivity contribution is 7.89. The lowest BCUT2D eigenvalue weighted by molar-refractivity contribution is -0.255. The molecule has 0 spiro atoms. The van der Waals surface area contributed by atoms with Gasteiger partial charge in [-0.05, 0) is 30.7 Å². The largest absolute Gasteiger partial charge is 0.545 e. The zero-order chi connectivity index (χ0) is 17.7. The van der Waals surface area contributed by atoms with Gasteiger partial charge in [0.1, 0.15) is 16.5 Å². The van der Waals surface area contributed by atoms with Crippen LogP contribution in [0.3, 0.4) is 0 Å². The average molecular weight is 352 g/mol. The van der Waals surface area contributed by atoms with Gasteiger partial charge >= 0.3 is 0 Å². The molecule has 2 aromatic rings. The van der Waals surface area contributed by atoms with Crippen LogP contribution in [0.4, 0.5) is 4.39 Å². The minimum atomic E-state index is -4.25. The summed E-state index contributed by atoms with van der Waals surface area (Å²) in [6.07, 6.45) is 0. The third-order valence-corrected chi connectivity index (χ3v) is 4.60. The average Bonchev–Trinajstić information content (AvgIpc) is 2.54. The van der Waals surface area contributed by atoms with E-state index in [1.807, 2.05) is 0 Å². The van der Waals surface area contributed by atoms with Crippen molar-refractivity contribution in [1.82, 2.24) is 4.72 Å². The molecule has 0 aromatic heterocycles. The molecule has 0 aliphatic heterocycles. The Morgan fingerprint density at radius 3 is 2.62 bits per heavy atom. The monoisotopic (exact) mass is 352 g/mol. The molecular formula is C16H15FNO5S-. The molecule has 0 unspecified atom stereocenters. The van der Waals surface area contributed by atoms with Crippen LogP contribution in [0.2, 0.25) is 0 Å². The van der Waals surface area contributed by atoms with Crippen LogP contribution in [-0.4, -0.2) is 21.0 Å². The van der Waals surface area contributed by atoms with Crippen LogP contribution in [0.5, 0.6) is 5.75 Å². The summed E-state index contributed by atoms with van der Waals surface area (Å²) in [6, 6.07) is 9.24. The number of hydrogen-bond donors (Lipinski definition) is 1. The second kappa shape index (κ2) is 7.41. The first-order valence-corrected chi connectivity index (χ1v) is 8.54. The predicted octanol–water partition coefficient (Wildman–Crippen LogP) is 1.07. The van der Waals surface area contributed by atoms with E-state index in [2.05, 4.69) is 4.72 Å². The van der Waals surface area contributed by atoms with Crippen molar-refractivity contribution in [3.63, 3.8) is 0 Å². The van der Waals surface area contributed by atoms with Gasteiger partial charge in [-0.1, -0.05) is 24.3 Å². The summed E-state index contributed by atoms with van der Waals surface area (Å²) in [4.78, 5) is 10.1. The number of carboxylic acids is 1. The summed E-state index contributed by atoms with van der Waals surface area (Å²) in [5.41, 5.74) is 0.144. The predicted molar refractivity (Wildman–Crippen MR) is 82.4 cm³/mol. The molecule has 1 N–H and O–H groups in total. The molecule has 0 radical (unpaired) electrons. The minimum absolute atomic E-state index is 0.131. The molecule has 24 heavy (non-hydrogen) atoms. The molecule has 0 saturated heterocycles. The van der Waals surface area contributed by atoms with E-state index in [9.17, 15) is 22.7 Å². The molecule has 0 bridgehead atoms. The number of carbonyl (C=O) groups is 1. The van der Waals surface area contributed by atoms with Crippen molar-refractivity contribution in [3.8, 4) is 5.75 Å². The van der Waals surface area contributed by atoms with Gasteiger partial charge in [-0.3, -0.25) is 0 Å². The molecule has 0 aliphatic carbocycles. The number of aromatic carboxylic acids is 1. The first kappa shape index (κ1) is 17.9. The maximum Gasteiger partial charge on any atom is 0.243 e. The van der Waals surface area contributed by atoms with Crippen LogP contribution in [0.1, 0.15) is 22.8 Å². The van der Waals surface area contributed by atoms with E-state index >= 15 is 0 Å². The molecule has 0 amide bonds. The van der Waals surface area contributed by atoms with Crippen molar-refractivity contribution in [3.05, 3.63) is 59.4 Å². The van der Waals surface area contributed by atoms with Gasteiger partial charge in [-0.25, -0.2) is 17.5 Å². The fourth-order valence-corrected chi connectivity index (χ4v) is 3.14. The van der Waals surface area contributed by atoms with E-state index in [0.29, 0.717) is 17.9 Å². The SMILES string of the molecule is CCOc1ccccc1CNS(=O)(=O)c1cc(C(=O)[O-])ccc1F. The Morgan fingerprint density at radius 1 is 1.25 bits per heavy atom. The molecular weight excluding hydrogens is 337 g/mol. The Morgan fingerprint density at radius 2 is 1.96 bits per heavy atom. The number of para-hydroxylation sites is 1. The molecule has 0 saturated carbocycles. The van der Waals surface area contributed by atoms with Crippen LogP contribution >= 0.6 is 0 Å². The first-order valence-electron chi connectivity index (χ1n) is 7.06. The molecule has 6 nitrogen and oxygen atoms in total. The van der Waals surface area contributed by atoms with Crippen LogP contribution in [0, 0.1) is 5.82 Å². The lowest BCUT2D eigenvalue weighted by Crippen LogP contribution is -2.26. The zero-order valence-electron chi connectivity index (χ0n) is 12.8. The first-order chi connectivity index (χ1) is 11.3. The summed E-state index contributed by atoms with van der Waals surface area (Å²) in [5.74, 6) is -2.13. The number of carboxylic acid groups (broad SMARTS) is 1. The van der Waals surface area contributed by atoms with Crippen LogP contribution in [0.15, 0.2) is 47.4 Å². The van der Waals surface area contributed by atoms with Crippen LogP contribution in [-0.2, 0) is 16.6 Å². The number of carbonyl (C=O) groups excluding carboxylic acids is 1. The van der Waals surface area contributed by atoms with Crippen molar-refractivity contribution in [2.45, 2.75) is 18.4 Å². The quantitative estimate of drug-likeness (QED) is 0.804. The summed E-state index contributed by atoms with van der Waals surface area (Å²) < 4.78 is 46.0.